The number of alkyl halides is 3. The van der Waals surface area contributed by atoms with Gasteiger partial charge in [0.2, 0.25) is 0 Å². The third-order valence-corrected chi connectivity index (χ3v) is 2.41. The maximum absolute atomic E-state index is 12.3. The normalized spacial score (nSPS) is 15.1. The van der Waals surface area contributed by atoms with Gasteiger partial charge in [0.25, 0.3) is 0 Å². The summed E-state index contributed by atoms with van der Waals surface area (Å²) in [7, 11) is 1.65. The predicted octanol–water partition coefficient (Wildman–Crippen LogP) is 2.18. The number of rotatable bonds is 2. The van der Waals surface area contributed by atoms with Crippen molar-refractivity contribution in [3.63, 3.8) is 0 Å². The fraction of sp³-hybridized carbons (Fsp3) is 0.727. The lowest BCUT2D eigenvalue weighted by molar-refractivity contribution is -0.203. The monoisotopic (exact) mass is 250 g/mol. The van der Waals surface area contributed by atoms with E-state index in [1.54, 1.807) is 7.05 Å². The highest BCUT2D eigenvalue weighted by molar-refractivity contribution is 5.25. The van der Waals surface area contributed by atoms with Crippen LogP contribution in [0.1, 0.15) is 32.0 Å². The SMILES string of the molecule is Cn1cc(CC(O)C(F)(F)F)c(C(C)(C)C)n1. The van der Waals surface area contributed by atoms with Crippen molar-refractivity contribution in [2.45, 2.75) is 44.9 Å². The fourth-order valence-corrected chi connectivity index (χ4v) is 1.64. The van der Waals surface area contributed by atoms with E-state index in [1.807, 2.05) is 20.8 Å². The summed E-state index contributed by atoms with van der Waals surface area (Å²) < 4.78 is 38.3. The summed E-state index contributed by atoms with van der Waals surface area (Å²) in [4.78, 5) is 0. The molecule has 98 valence electrons. The van der Waals surface area contributed by atoms with Gasteiger partial charge in [-0.15, -0.1) is 0 Å². The minimum Gasteiger partial charge on any atom is -0.383 e. The average Bonchev–Trinajstić information content (AvgIpc) is 2.44. The average molecular weight is 250 g/mol. The summed E-state index contributed by atoms with van der Waals surface area (Å²) in [5, 5.41) is 13.2. The van der Waals surface area contributed by atoms with E-state index < -0.39 is 18.7 Å². The molecule has 17 heavy (non-hydrogen) atoms. The van der Waals surface area contributed by atoms with Gasteiger partial charge < -0.3 is 5.11 Å². The van der Waals surface area contributed by atoms with E-state index in [1.165, 1.54) is 10.9 Å². The Kier molecular flexibility index (Phi) is 3.57. The zero-order valence-electron chi connectivity index (χ0n) is 10.3. The molecule has 1 N–H and O–H groups in total. The molecule has 0 spiro atoms. The molecule has 1 aromatic rings. The van der Waals surface area contributed by atoms with E-state index in [-0.39, 0.29) is 5.41 Å². The Labute approximate surface area is 98.2 Å². The second-order valence-electron chi connectivity index (χ2n) is 5.19. The van der Waals surface area contributed by atoms with Crippen LogP contribution < -0.4 is 0 Å². The van der Waals surface area contributed by atoms with Crippen molar-refractivity contribution in [3.05, 3.63) is 17.5 Å². The van der Waals surface area contributed by atoms with Crippen LogP contribution >= 0.6 is 0 Å². The number of halogens is 3. The third-order valence-electron chi connectivity index (χ3n) is 2.41. The Hall–Kier alpha value is -1.04. The minimum atomic E-state index is -4.59. The number of aliphatic hydroxyl groups is 1. The Balaban J connectivity index is 3.00. The lowest BCUT2D eigenvalue weighted by Gasteiger charge is -2.19. The molecule has 1 rings (SSSR count). The van der Waals surface area contributed by atoms with Crippen LogP contribution in [0.4, 0.5) is 13.2 Å². The number of hydrogen-bond donors (Lipinski definition) is 1. The van der Waals surface area contributed by atoms with E-state index >= 15 is 0 Å². The molecule has 0 radical (unpaired) electrons. The number of nitrogens with zero attached hydrogens (tertiary/aromatic N) is 2. The first-order valence-electron chi connectivity index (χ1n) is 5.29. The molecule has 0 aliphatic rings. The van der Waals surface area contributed by atoms with Crippen molar-refractivity contribution in [2.24, 2.45) is 7.05 Å². The van der Waals surface area contributed by atoms with Crippen molar-refractivity contribution in [1.82, 2.24) is 9.78 Å². The molecular formula is C11H17F3N2O. The van der Waals surface area contributed by atoms with Crippen molar-refractivity contribution >= 4 is 0 Å². The van der Waals surface area contributed by atoms with Crippen molar-refractivity contribution in [3.8, 4) is 0 Å². The van der Waals surface area contributed by atoms with Crippen LogP contribution in [0, 0.1) is 0 Å². The van der Waals surface area contributed by atoms with E-state index in [0.717, 1.165) is 0 Å². The van der Waals surface area contributed by atoms with Gasteiger partial charge in [0.15, 0.2) is 6.10 Å². The maximum atomic E-state index is 12.3. The van der Waals surface area contributed by atoms with Gasteiger partial charge in [0.05, 0.1) is 5.69 Å². The Morgan fingerprint density at radius 1 is 1.35 bits per heavy atom. The van der Waals surface area contributed by atoms with Crippen LogP contribution in [0.25, 0.3) is 0 Å². The molecule has 0 saturated carbocycles. The quantitative estimate of drug-likeness (QED) is 0.873. The van der Waals surface area contributed by atoms with Gasteiger partial charge in [-0.2, -0.15) is 18.3 Å². The minimum absolute atomic E-state index is 0.345. The second kappa shape index (κ2) is 4.33. The molecule has 0 aliphatic carbocycles. The smallest absolute Gasteiger partial charge is 0.383 e. The highest BCUT2D eigenvalue weighted by Crippen LogP contribution is 2.28. The topological polar surface area (TPSA) is 38.0 Å². The number of aromatic nitrogens is 2. The molecule has 0 aliphatic heterocycles. The highest BCUT2D eigenvalue weighted by atomic mass is 19.4. The van der Waals surface area contributed by atoms with Gasteiger partial charge in [0.1, 0.15) is 0 Å². The molecule has 1 unspecified atom stereocenters. The van der Waals surface area contributed by atoms with Gasteiger partial charge in [-0.1, -0.05) is 20.8 Å². The van der Waals surface area contributed by atoms with Crippen LogP contribution in [0.2, 0.25) is 0 Å². The summed E-state index contributed by atoms with van der Waals surface area (Å²) in [6, 6.07) is 0. The summed E-state index contributed by atoms with van der Waals surface area (Å²) in [5.74, 6) is 0. The van der Waals surface area contributed by atoms with Crippen molar-refractivity contribution < 1.29 is 18.3 Å². The van der Waals surface area contributed by atoms with Crippen LogP contribution in [-0.4, -0.2) is 27.2 Å². The Morgan fingerprint density at radius 3 is 2.29 bits per heavy atom. The summed E-state index contributed by atoms with van der Waals surface area (Å²) in [6.07, 6.45) is -5.86. The largest absolute Gasteiger partial charge is 0.414 e. The second-order valence-corrected chi connectivity index (χ2v) is 5.19. The molecule has 0 fully saturated rings. The molecule has 0 amide bonds. The maximum Gasteiger partial charge on any atom is 0.414 e. The van der Waals surface area contributed by atoms with Gasteiger partial charge in [0, 0.05) is 25.1 Å². The van der Waals surface area contributed by atoms with E-state index in [4.69, 9.17) is 5.11 Å². The lowest BCUT2D eigenvalue weighted by atomic mass is 9.88. The summed E-state index contributed by atoms with van der Waals surface area (Å²) in [5.41, 5.74) is 0.676. The molecule has 1 heterocycles. The first-order chi connectivity index (χ1) is 7.51. The molecule has 0 bridgehead atoms. The number of aliphatic hydroxyl groups excluding tert-OH is 1. The Bertz CT molecular complexity index is 390. The fourth-order valence-electron chi connectivity index (χ4n) is 1.64. The van der Waals surface area contributed by atoms with Gasteiger partial charge in [-0.25, -0.2) is 0 Å². The molecular weight excluding hydrogens is 233 g/mol. The first-order valence-corrected chi connectivity index (χ1v) is 5.29. The predicted molar refractivity (Wildman–Crippen MR) is 57.7 cm³/mol. The third kappa shape index (κ3) is 3.46. The zero-order valence-corrected chi connectivity index (χ0v) is 10.3. The van der Waals surface area contributed by atoms with E-state index in [0.29, 0.717) is 11.3 Å². The number of aryl methyl sites for hydroxylation is 1. The Morgan fingerprint density at radius 2 is 1.88 bits per heavy atom. The van der Waals surface area contributed by atoms with Crippen molar-refractivity contribution in [2.75, 3.05) is 0 Å². The number of hydrogen-bond acceptors (Lipinski definition) is 2. The zero-order chi connectivity index (χ0) is 13.4. The van der Waals surface area contributed by atoms with E-state index in [9.17, 15) is 13.2 Å². The molecule has 3 nitrogen and oxygen atoms in total. The molecule has 0 aromatic carbocycles. The molecule has 0 saturated heterocycles. The first kappa shape index (κ1) is 14.0. The van der Waals surface area contributed by atoms with Gasteiger partial charge in [-0.05, 0) is 5.56 Å². The van der Waals surface area contributed by atoms with Crippen LogP contribution in [-0.2, 0) is 18.9 Å². The van der Waals surface area contributed by atoms with Crippen LogP contribution in [0.15, 0.2) is 6.20 Å². The molecule has 1 atom stereocenters. The summed E-state index contributed by atoms with van der Waals surface area (Å²) >= 11 is 0. The van der Waals surface area contributed by atoms with Crippen LogP contribution in [0.5, 0.6) is 0 Å². The lowest BCUT2D eigenvalue weighted by Crippen LogP contribution is -2.31. The summed E-state index contributed by atoms with van der Waals surface area (Å²) in [6.45, 7) is 5.62. The molecule has 6 heteroatoms. The van der Waals surface area contributed by atoms with Gasteiger partial charge in [-0.3, -0.25) is 4.68 Å². The van der Waals surface area contributed by atoms with Crippen LogP contribution in [0.3, 0.4) is 0 Å². The standard InChI is InChI=1S/C11H17F3N2O/c1-10(2,3)9-7(6-16(4)15-9)5-8(17)11(12,13)14/h6,8,17H,5H2,1-4H3. The van der Waals surface area contributed by atoms with E-state index in [2.05, 4.69) is 5.10 Å². The van der Waals surface area contributed by atoms with Gasteiger partial charge >= 0.3 is 6.18 Å². The van der Waals surface area contributed by atoms with Crippen molar-refractivity contribution in [1.29, 1.82) is 0 Å². The highest BCUT2D eigenvalue weighted by Gasteiger charge is 2.39. The molecule has 1 aromatic heterocycles.